The van der Waals surface area contributed by atoms with Crippen LogP contribution in [-0.2, 0) is 0 Å². The Morgan fingerprint density at radius 3 is 2.71 bits per heavy atom. The van der Waals surface area contributed by atoms with Crippen molar-refractivity contribution in [3.05, 3.63) is 29.1 Å². The highest BCUT2D eigenvalue weighted by molar-refractivity contribution is 7.17. The number of hydrogen-bond acceptors (Lipinski definition) is 3. The van der Waals surface area contributed by atoms with E-state index < -0.39 is 0 Å². The van der Waals surface area contributed by atoms with Crippen LogP contribution in [0, 0.1) is 0 Å². The molecule has 2 aliphatic rings. The van der Waals surface area contributed by atoms with E-state index in [2.05, 4.69) is 40.0 Å². The number of hydrogen-bond donors (Lipinski definition) is 2. The second-order valence-electron chi connectivity index (χ2n) is 8.45. The molecule has 0 radical (unpaired) electrons. The van der Waals surface area contributed by atoms with Gasteiger partial charge in [0.25, 0.3) is 0 Å². The van der Waals surface area contributed by atoms with Crippen LogP contribution in [0.2, 0.25) is 0 Å². The van der Waals surface area contributed by atoms with Crippen LogP contribution in [-0.4, -0.2) is 36.6 Å². The standard InChI is InChI=1S/C23H33N3OS/c1-2-3-4-5-12-26-13-10-17(11-14-26)21-16-28-22-9-8-19(15-20(21)22)25-23(27)24-18-6-7-18/h8-9,15-18H,2-7,10-14H2,1H3,(H2,24,25,27). The number of nitrogens with zero attached hydrogens (tertiary/aromatic N) is 1. The third kappa shape index (κ3) is 5.06. The van der Waals surface area contributed by atoms with Gasteiger partial charge in [0.05, 0.1) is 0 Å². The number of urea groups is 1. The molecule has 4 nitrogen and oxygen atoms in total. The summed E-state index contributed by atoms with van der Waals surface area (Å²) in [6.45, 7) is 5.98. The van der Waals surface area contributed by atoms with Crippen molar-refractivity contribution in [3.8, 4) is 0 Å². The Morgan fingerprint density at radius 2 is 1.96 bits per heavy atom. The number of benzene rings is 1. The molecular weight excluding hydrogens is 366 g/mol. The highest BCUT2D eigenvalue weighted by atomic mass is 32.1. The summed E-state index contributed by atoms with van der Waals surface area (Å²) in [5, 5.41) is 9.69. The Balaban J connectivity index is 1.36. The number of carbonyl (C=O) groups excluding carboxylic acids is 1. The van der Waals surface area contributed by atoms with E-state index in [1.807, 2.05) is 17.4 Å². The van der Waals surface area contributed by atoms with E-state index in [1.165, 1.54) is 73.8 Å². The van der Waals surface area contributed by atoms with Crippen LogP contribution in [0.25, 0.3) is 10.1 Å². The van der Waals surface area contributed by atoms with Crippen molar-refractivity contribution in [1.29, 1.82) is 0 Å². The van der Waals surface area contributed by atoms with Crippen LogP contribution in [0.5, 0.6) is 0 Å². The monoisotopic (exact) mass is 399 g/mol. The predicted molar refractivity (Wildman–Crippen MR) is 120 cm³/mol. The lowest BCUT2D eigenvalue weighted by Crippen LogP contribution is -2.33. The highest BCUT2D eigenvalue weighted by Gasteiger charge is 2.24. The topological polar surface area (TPSA) is 44.4 Å². The number of rotatable bonds is 8. The van der Waals surface area contributed by atoms with Gasteiger partial charge < -0.3 is 15.5 Å². The maximum absolute atomic E-state index is 12.1. The van der Waals surface area contributed by atoms with Gasteiger partial charge in [-0.05, 0) is 92.2 Å². The maximum Gasteiger partial charge on any atom is 0.319 e. The minimum Gasteiger partial charge on any atom is -0.335 e. The molecule has 1 aromatic heterocycles. The molecule has 0 spiro atoms. The molecule has 2 fully saturated rings. The van der Waals surface area contributed by atoms with Gasteiger partial charge in [-0.25, -0.2) is 4.79 Å². The molecule has 2 heterocycles. The van der Waals surface area contributed by atoms with Gasteiger partial charge in [0.15, 0.2) is 0 Å². The third-order valence-electron chi connectivity index (χ3n) is 6.13. The zero-order chi connectivity index (χ0) is 19.3. The number of thiophene rings is 1. The van der Waals surface area contributed by atoms with E-state index in [9.17, 15) is 4.79 Å². The fraction of sp³-hybridized carbons (Fsp3) is 0.609. The number of nitrogens with one attached hydrogen (secondary N) is 2. The van der Waals surface area contributed by atoms with Gasteiger partial charge in [-0.2, -0.15) is 0 Å². The van der Waals surface area contributed by atoms with Crippen LogP contribution >= 0.6 is 11.3 Å². The molecule has 0 bridgehead atoms. The Morgan fingerprint density at radius 1 is 1.14 bits per heavy atom. The Labute approximate surface area is 172 Å². The molecule has 0 atom stereocenters. The molecule has 152 valence electrons. The lowest BCUT2D eigenvalue weighted by atomic mass is 9.89. The average molecular weight is 400 g/mol. The molecule has 1 aliphatic heterocycles. The number of amides is 2. The van der Waals surface area contributed by atoms with E-state index in [0.29, 0.717) is 12.0 Å². The second-order valence-corrected chi connectivity index (χ2v) is 9.36. The number of unbranched alkanes of at least 4 members (excludes halogenated alkanes) is 3. The largest absolute Gasteiger partial charge is 0.335 e. The summed E-state index contributed by atoms with van der Waals surface area (Å²) in [6.07, 6.45) is 10.1. The van der Waals surface area contributed by atoms with E-state index >= 15 is 0 Å². The summed E-state index contributed by atoms with van der Waals surface area (Å²) in [4.78, 5) is 14.7. The lowest BCUT2D eigenvalue weighted by molar-refractivity contribution is 0.209. The Bertz CT molecular complexity index is 790. The summed E-state index contributed by atoms with van der Waals surface area (Å²) in [5.41, 5.74) is 2.38. The van der Waals surface area contributed by atoms with Crippen molar-refractivity contribution in [3.63, 3.8) is 0 Å². The molecule has 28 heavy (non-hydrogen) atoms. The van der Waals surface area contributed by atoms with Crippen LogP contribution in [0.15, 0.2) is 23.6 Å². The van der Waals surface area contributed by atoms with Gasteiger partial charge in [0, 0.05) is 16.4 Å². The number of likely N-dealkylation sites (tertiary alicyclic amines) is 1. The number of piperidine rings is 1. The normalized spacial score (nSPS) is 18.5. The first-order valence-corrected chi connectivity index (χ1v) is 11.9. The summed E-state index contributed by atoms with van der Waals surface area (Å²) >= 11 is 1.83. The third-order valence-corrected chi connectivity index (χ3v) is 7.11. The van der Waals surface area contributed by atoms with Crippen LogP contribution < -0.4 is 10.6 Å². The molecule has 1 aliphatic carbocycles. The predicted octanol–water partition coefficient (Wildman–Crippen LogP) is 5.94. The summed E-state index contributed by atoms with van der Waals surface area (Å²) in [5.74, 6) is 0.649. The molecule has 2 amide bonds. The molecule has 4 rings (SSSR count). The minimum absolute atomic E-state index is 0.0741. The zero-order valence-corrected chi connectivity index (χ0v) is 17.8. The molecule has 0 unspecified atom stereocenters. The van der Waals surface area contributed by atoms with Crippen molar-refractivity contribution in [1.82, 2.24) is 10.2 Å². The highest BCUT2D eigenvalue weighted by Crippen LogP contribution is 2.38. The number of fused-ring (bicyclic) bond motifs is 1. The fourth-order valence-corrected chi connectivity index (χ4v) is 5.28. The van der Waals surface area contributed by atoms with Gasteiger partial charge in [-0.3, -0.25) is 0 Å². The SMILES string of the molecule is CCCCCCN1CCC(c2csc3ccc(NC(=O)NC4CC4)cc23)CC1. The first-order valence-electron chi connectivity index (χ1n) is 11.0. The van der Waals surface area contributed by atoms with Crippen LogP contribution in [0.4, 0.5) is 10.5 Å². The van der Waals surface area contributed by atoms with E-state index in [1.54, 1.807) is 0 Å². The van der Waals surface area contributed by atoms with Crippen LogP contribution in [0.3, 0.4) is 0 Å². The number of carbonyl (C=O) groups is 1. The Hall–Kier alpha value is -1.59. The van der Waals surface area contributed by atoms with Gasteiger partial charge in [-0.1, -0.05) is 26.2 Å². The number of anilines is 1. The maximum atomic E-state index is 12.1. The fourth-order valence-electron chi connectivity index (χ4n) is 4.25. The summed E-state index contributed by atoms with van der Waals surface area (Å²) in [6, 6.07) is 6.65. The first-order chi connectivity index (χ1) is 13.7. The van der Waals surface area contributed by atoms with Crippen molar-refractivity contribution < 1.29 is 4.79 Å². The molecular formula is C23H33N3OS. The van der Waals surface area contributed by atoms with Crippen molar-refractivity contribution in [2.75, 3.05) is 25.0 Å². The summed E-state index contributed by atoms with van der Waals surface area (Å²) in [7, 11) is 0. The zero-order valence-electron chi connectivity index (χ0n) is 17.0. The van der Waals surface area contributed by atoms with Crippen molar-refractivity contribution in [2.45, 2.75) is 70.3 Å². The van der Waals surface area contributed by atoms with Crippen molar-refractivity contribution >= 4 is 33.1 Å². The van der Waals surface area contributed by atoms with Gasteiger partial charge in [-0.15, -0.1) is 11.3 Å². The van der Waals surface area contributed by atoms with Gasteiger partial charge in [0.1, 0.15) is 0 Å². The van der Waals surface area contributed by atoms with Gasteiger partial charge in [0.2, 0.25) is 0 Å². The van der Waals surface area contributed by atoms with E-state index in [4.69, 9.17) is 0 Å². The minimum atomic E-state index is -0.0741. The lowest BCUT2D eigenvalue weighted by Gasteiger charge is -2.32. The molecule has 1 aromatic carbocycles. The molecule has 2 aromatic rings. The van der Waals surface area contributed by atoms with Crippen LogP contribution in [0.1, 0.15) is 69.8 Å². The molecule has 5 heteroatoms. The quantitative estimate of drug-likeness (QED) is 0.539. The van der Waals surface area contributed by atoms with E-state index in [0.717, 1.165) is 18.5 Å². The van der Waals surface area contributed by atoms with Crippen molar-refractivity contribution in [2.24, 2.45) is 0 Å². The molecule has 1 saturated heterocycles. The molecule has 2 N–H and O–H groups in total. The average Bonchev–Trinajstić information content (AvgIpc) is 3.41. The smallest absolute Gasteiger partial charge is 0.319 e. The summed E-state index contributed by atoms with van der Waals surface area (Å²) < 4.78 is 1.32. The van der Waals surface area contributed by atoms with Gasteiger partial charge >= 0.3 is 6.03 Å². The van der Waals surface area contributed by atoms with E-state index in [-0.39, 0.29) is 6.03 Å². The molecule has 1 saturated carbocycles. The first kappa shape index (κ1) is 19.7. The Kier molecular flexibility index (Phi) is 6.53. The second kappa shape index (κ2) is 9.27.